The van der Waals surface area contributed by atoms with Gasteiger partial charge in [-0.15, -0.1) is 0 Å². The van der Waals surface area contributed by atoms with Gasteiger partial charge in [-0.05, 0) is 37.8 Å². The molecule has 0 heterocycles. The second-order valence-corrected chi connectivity index (χ2v) is 10.7. The SMILES string of the molecule is CC(C)(Br)C(=O)OCCCCOC(=O)C1[C@H](c2ccccc2)C(C(=O)O)[C@H]1c1ccccc1. The summed E-state index contributed by atoms with van der Waals surface area (Å²) in [5, 5.41) is 9.97. The Morgan fingerprint density at radius 2 is 1.27 bits per heavy atom. The maximum Gasteiger partial charge on any atom is 0.322 e. The highest BCUT2D eigenvalue weighted by molar-refractivity contribution is 9.10. The van der Waals surface area contributed by atoms with Gasteiger partial charge < -0.3 is 14.6 Å². The first-order valence-corrected chi connectivity index (χ1v) is 11.9. The number of aliphatic carboxylic acids is 1. The van der Waals surface area contributed by atoms with Gasteiger partial charge in [-0.2, -0.15) is 0 Å². The lowest BCUT2D eigenvalue weighted by atomic mass is 9.52. The van der Waals surface area contributed by atoms with Crippen molar-refractivity contribution in [2.24, 2.45) is 11.8 Å². The molecule has 0 spiro atoms. The molecule has 176 valence electrons. The third-order valence-electron chi connectivity index (χ3n) is 5.98. The van der Waals surface area contributed by atoms with Crippen molar-refractivity contribution in [3.8, 4) is 0 Å². The molecule has 2 aromatic rings. The van der Waals surface area contributed by atoms with E-state index in [0.717, 1.165) is 11.1 Å². The molecule has 7 heteroatoms. The first kappa shape index (κ1) is 25.0. The van der Waals surface area contributed by atoms with Crippen LogP contribution in [0.2, 0.25) is 0 Å². The smallest absolute Gasteiger partial charge is 0.322 e. The number of alkyl halides is 1. The van der Waals surface area contributed by atoms with Gasteiger partial charge in [0.2, 0.25) is 0 Å². The van der Waals surface area contributed by atoms with E-state index in [1.54, 1.807) is 13.8 Å². The van der Waals surface area contributed by atoms with Gasteiger partial charge in [0.15, 0.2) is 0 Å². The van der Waals surface area contributed by atoms with Crippen LogP contribution in [0.1, 0.15) is 49.7 Å². The topological polar surface area (TPSA) is 89.9 Å². The third-order valence-corrected chi connectivity index (χ3v) is 6.30. The quantitative estimate of drug-likeness (QED) is 0.273. The number of carboxylic acids is 1. The first-order valence-electron chi connectivity index (χ1n) is 11.1. The number of carbonyl (C=O) groups excluding carboxylic acids is 2. The average Bonchev–Trinajstić information content (AvgIpc) is 2.76. The van der Waals surface area contributed by atoms with E-state index >= 15 is 0 Å². The molecule has 0 saturated heterocycles. The number of hydrogen-bond acceptors (Lipinski definition) is 5. The molecule has 1 aliphatic carbocycles. The predicted molar refractivity (Wildman–Crippen MR) is 127 cm³/mol. The molecule has 1 saturated carbocycles. The Bertz CT molecular complexity index is 906. The lowest BCUT2D eigenvalue weighted by molar-refractivity contribution is -0.164. The summed E-state index contributed by atoms with van der Waals surface area (Å²) in [6.07, 6.45) is 1.11. The number of esters is 2. The van der Waals surface area contributed by atoms with Gasteiger partial charge in [-0.25, -0.2) is 0 Å². The highest BCUT2D eigenvalue weighted by Crippen LogP contribution is 2.58. The Balaban J connectivity index is 1.66. The molecule has 0 aromatic heterocycles. The van der Waals surface area contributed by atoms with Crippen LogP contribution in [0, 0.1) is 11.8 Å². The normalized spacial score (nSPS) is 22.2. The van der Waals surface area contributed by atoms with Gasteiger partial charge in [0.05, 0.1) is 25.0 Å². The predicted octanol–water partition coefficient (Wildman–Crippen LogP) is 4.92. The maximum absolute atomic E-state index is 13.1. The van der Waals surface area contributed by atoms with E-state index in [-0.39, 0.29) is 19.2 Å². The van der Waals surface area contributed by atoms with Crippen LogP contribution in [0.15, 0.2) is 60.7 Å². The molecule has 0 radical (unpaired) electrons. The second kappa shape index (κ2) is 11.0. The van der Waals surface area contributed by atoms with Crippen LogP contribution in [-0.4, -0.2) is 40.6 Å². The van der Waals surface area contributed by atoms with Crippen molar-refractivity contribution in [2.75, 3.05) is 13.2 Å². The summed E-state index contributed by atoms with van der Waals surface area (Å²) in [7, 11) is 0. The molecule has 0 bridgehead atoms. The van der Waals surface area contributed by atoms with Gasteiger partial charge in [-0.1, -0.05) is 76.6 Å². The minimum atomic E-state index is -0.918. The van der Waals surface area contributed by atoms with Crippen molar-refractivity contribution in [2.45, 2.75) is 42.8 Å². The van der Waals surface area contributed by atoms with E-state index in [9.17, 15) is 19.5 Å². The van der Waals surface area contributed by atoms with Crippen molar-refractivity contribution in [1.82, 2.24) is 0 Å². The number of benzene rings is 2. The molecule has 1 fully saturated rings. The summed E-state index contributed by atoms with van der Waals surface area (Å²) in [5.74, 6) is -3.86. The number of rotatable bonds is 10. The standard InChI is InChI=1S/C26H29BrO6/c1-26(2,27)25(31)33-16-10-9-15-32-24(30)22-19(17-11-5-3-6-12-17)21(23(28)29)20(22)18-13-7-4-8-14-18/h3-8,11-14,19-22H,9-10,15-16H2,1-2H3,(H,28,29)/t19-,20-,21?,22?/m1/s1. The molecule has 2 atom stereocenters. The summed E-state index contributed by atoms with van der Waals surface area (Å²) in [5.41, 5.74) is 1.65. The molecule has 1 N–H and O–H groups in total. The maximum atomic E-state index is 13.1. The Morgan fingerprint density at radius 1 is 0.818 bits per heavy atom. The van der Waals surface area contributed by atoms with Crippen LogP contribution in [0.3, 0.4) is 0 Å². The molecular weight excluding hydrogens is 488 g/mol. The average molecular weight is 517 g/mol. The monoisotopic (exact) mass is 516 g/mol. The van der Waals surface area contributed by atoms with Gasteiger partial charge in [0, 0.05) is 11.8 Å². The zero-order valence-electron chi connectivity index (χ0n) is 18.8. The molecule has 2 aromatic carbocycles. The molecular formula is C26H29BrO6. The molecule has 3 rings (SSSR count). The lowest BCUT2D eigenvalue weighted by Crippen LogP contribution is -2.51. The Labute approximate surface area is 202 Å². The fourth-order valence-electron chi connectivity index (χ4n) is 4.34. The number of hydrogen-bond donors (Lipinski definition) is 1. The van der Waals surface area contributed by atoms with Gasteiger partial charge >= 0.3 is 17.9 Å². The van der Waals surface area contributed by atoms with Crippen LogP contribution in [0.25, 0.3) is 0 Å². The van der Waals surface area contributed by atoms with Crippen LogP contribution >= 0.6 is 15.9 Å². The van der Waals surface area contributed by atoms with Crippen LogP contribution in [-0.2, 0) is 23.9 Å². The number of carbonyl (C=O) groups is 3. The zero-order chi connectivity index (χ0) is 24.0. The van der Waals surface area contributed by atoms with Crippen LogP contribution in [0.4, 0.5) is 0 Å². The van der Waals surface area contributed by atoms with Crippen molar-refractivity contribution >= 4 is 33.8 Å². The van der Waals surface area contributed by atoms with Crippen molar-refractivity contribution in [3.05, 3.63) is 71.8 Å². The summed E-state index contributed by atoms with van der Waals surface area (Å²) in [6.45, 7) is 3.86. The fourth-order valence-corrected chi connectivity index (χ4v) is 4.45. The lowest BCUT2D eigenvalue weighted by Gasteiger charge is -2.49. The number of halogens is 1. The van der Waals surface area contributed by atoms with Crippen molar-refractivity contribution < 1.29 is 29.0 Å². The van der Waals surface area contributed by atoms with Crippen LogP contribution in [0.5, 0.6) is 0 Å². The summed E-state index contributed by atoms with van der Waals surface area (Å²) < 4.78 is 10.0. The third kappa shape index (κ3) is 6.02. The summed E-state index contributed by atoms with van der Waals surface area (Å²) >= 11 is 3.26. The number of carboxylic acid groups (broad SMARTS) is 1. The molecule has 0 amide bonds. The van der Waals surface area contributed by atoms with E-state index in [1.807, 2.05) is 60.7 Å². The van der Waals surface area contributed by atoms with E-state index in [0.29, 0.717) is 12.8 Å². The largest absolute Gasteiger partial charge is 0.481 e. The van der Waals surface area contributed by atoms with E-state index in [1.165, 1.54) is 0 Å². The Morgan fingerprint density at radius 3 is 1.70 bits per heavy atom. The van der Waals surface area contributed by atoms with Gasteiger partial charge in [0.25, 0.3) is 0 Å². The van der Waals surface area contributed by atoms with Crippen LogP contribution < -0.4 is 0 Å². The zero-order valence-corrected chi connectivity index (χ0v) is 20.4. The Kier molecular flexibility index (Phi) is 8.30. The number of ether oxygens (including phenoxy) is 2. The minimum Gasteiger partial charge on any atom is -0.481 e. The molecule has 6 nitrogen and oxygen atoms in total. The van der Waals surface area contributed by atoms with E-state index in [2.05, 4.69) is 15.9 Å². The molecule has 0 unspecified atom stereocenters. The van der Waals surface area contributed by atoms with Crippen molar-refractivity contribution in [1.29, 1.82) is 0 Å². The minimum absolute atomic E-state index is 0.186. The summed E-state index contributed by atoms with van der Waals surface area (Å²) in [4.78, 5) is 37.1. The van der Waals surface area contributed by atoms with Crippen molar-refractivity contribution in [3.63, 3.8) is 0 Å². The molecule has 33 heavy (non-hydrogen) atoms. The highest BCUT2D eigenvalue weighted by atomic mass is 79.9. The van der Waals surface area contributed by atoms with E-state index < -0.39 is 39.9 Å². The van der Waals surface area contributed by atoms with Gasteiger partial charge in [0.1, 0.15) is 4.32 Å². The molecule has 0 aliphatic heterocycles. The fraction of sp³-hybridized carbons (Fsp3) is 0.423. The Hall–Kier alpha value is -2.67. The second-order valence-electron chi connectivity index (χ2n) is 8.75. The summed E-state index contributed by atoms with van der Waals surface area (Å²) in [6, 6.07) is 18.6. The number of unbranched alkanes of at least 4 members (excludes halogenated alkanes) is 1. The highest BCUT2D eigenvalue weighted by Gasteiger charge is 2.59. The first-order chi connectivity index (χ1) is 15.7. The van der Waals surface area contributed by atoms with E-state index in [4.69, 9.17) is 9.47 Å². The molecule has 1 aliphatic rings. The van der Waals surface area contributed by atoms with Gasteiger partial charge in [-0.3, -0.25) is 14.4 Å².